The molecular weight excluding hydrogens is 340 g/mol. The zero-order valence-electron chi connectivity index (χ0n) is 16.1. The summed E-state index contributed by atoms with van der Waals surface area (Å²) in [6, 6.07) is 7.82. The van der Waals surface area contributed by atoms with Crippen LogP contribution in [-0.2, 0) is 20.7 Å². The van der Waals surface area contributed by atoms with E-state index < -0.39 is 0 Å². The zero-order valence-corrected chi connectivity index (χ0v) is 16.1. The molecule has 5 heteroatoms. The fraction of sp³-hybridized carbons (Fsp3) is 0.545. The second-order valence-electron chi connectivity index (χ2n) is 7.81. The number of imide groups is 1. The molecule has 2 aliphatic heterocycles. The summed E-state index contributed by atoms with van der Waals surface area (Å²) in [6.07, 6.45) is 6.78. The van der Waals surface area contributed by atoms with Gasteiger partial charge in [0.15, 0.2) is 0 Å². The van der Waals surface area contributed by atoms with Gasteiger partial charge < -0.3 is 9.64 Å². The predicted octanol–water partition coefficient (Wildman–Crippen LogP) is 1.73. The monoisotopic (exact) mass is 369 g/mol. The quantitative estimate of drug-likeness (QED) is 0.823. The minimum Gasteiger partial charge on any atom is -0.370 e. The standard InChI is InChI=1S/C22H28N2O3/c1-2-16-7-9-17(10-8-16)24-21(25)15-19(22(24)26)18-5-3-4-6-20(18)23-11-13-27-14-12-23/h6-10,18-19H,2-5,11-15H2,1H3/p+1/t18-,19+/m0/s1. The Labute approximate surface area is 161 Å². The number of amides is 2. The summed E-state index contributed by atoms with van der Waals surface area (Å²) in [5, 5.41) is 0. The molecule has 0 aromatic heterocycles. The van der Waals surface area contributed by atoms with Crippen molar-refractivity contribution in [2.24, 2.45) is 11.8 Å². The van der Waals surface area contributed by atoms with Gasteiger partial charge >= 0.3 is 0 Å². The smallest absolute Gasteiger partial charge is 0.238 e. The molecule has 4 rings (SSSR count). The molecule has 1 aromatic carbocycles. The second-order valence-corrected chi connectivity index (χ2v) is 7.81. The Hall–Kier alpha value is -1.98. The largest absolute Gasteiger partial charge is 0.370 e. The average Bonchev–Trinajstić information content (AvgIpc) is 3.02. The van der Waals surface area contributed by atoms with Crippen LogP contribution in [0.3, 0.4) is 0 Å². The molecule has 27 heavy (non-hydrogen) atoms. The van der Waals surface area contributed by atoms with E-state index in [1.165, 1.54) is 21.1 Å². The van der Waals surface area contributed by atoms with Gasteiger partial charge in [0.05, 0.1) is 24.8 Å². The molecule has 0 radical (unpaired) electrons. The van der Waals surface area contributed by atoms with Crippen molar-refractivity contribution in [1.29, 1.82) is 0 Å². The number of nitrogens with zero attached hydrogens (tertiary/aromatic N) is 1. The molecule has 0 unspecified atom stereocenters. The lowest BCUT2D eigenvalue weighted by Gasteiger charge is -2.34. The number of aryl methyl sites for hydroxylation is 1. The van der Waals surface area contributed by atoms with Gasteiger partial charge in [-0.25, -0.2) is 0 Å². The van der Waals surface area contributed by atoms with Crippen molar-refractivity contribution < 1.29 is 19.2 Å². The van der Waals surface area contributed by atoms with Crippen LogP contribution in [0.2, 0.25) is 0 Å². The fourth-order valence-corrected chi connectivity index (χ4v) is 4.75. The van der Waals surface area contributed by atoms with Gasteiger partial charge in [-0.1, -0.05) is 19.1 Å². The van der Waals surface area contributed by atoms with E-state index in [-0.39, 0.29) is 23.7 Å². The van der Waals surface area contributed by atoms with Crippen molar-refractivity contribution in [3.63, 3.8) is 0 Å². The number of benzene rings is 1. The molecule has 2 amide bonds. The third-order valence-electron chi connectivity index (χ3n) is 6.26. The molecule has 1 N–H and O–H groups in total. The van der Waals surface area contributed by atoms with E-state index in [9.17, 15) is 9.59 Å². The highest BCUT2D eigenvalue weighted by Gasteiger charge is 2.47. The maximum Gasteiger partial charge on any atom is 0.238 e. The van der Waals surface area contributed by atoms with Crippen LogP contribution >= 0.6 is 0 Å². The Kier molecular flexibility index (Phi) is 5.41. The highest BCUT2D eigenvalue weighted by Crippen LogP contribution is 2.37. The van der Waals surface area contributed by atoms with Crippen molar-refractivity contribution in [1.82, 2.24) is 0 Å². The first-order valence-electron chi connectivity index (χ1n) is 10.3. The van der Waals surface area contributed by atoms with E-state index in [1.807, 2.05) is 24.3 Å². The molecule has 2 fully saturated rings. The predicted molar refractivity (Wildman–Crippen MR) is 103 cm³/mol. The first kappa shape index (κ1) is 18.4. The van der Waals surface area contributed by atoms with E-state index in [4.69, 9.17) is 4.74 Å². The molecule has 1 aliphatic carbocycles. The lowest BCUT2D eigenvalue weighted by molar-refractivity contribution is -0.874. The summed E-state index contributed by atoms with van der Waals surface area (Å²) in [5.41, 5.74) is 3.27. The fourth-order valence-electron chi connectivity index (χ4n) is 4.75. The van der Waals surface area contributed by atoms with Crippen LogP contribution in [0.25, 0.3) is 0 Å². The van der Waals surface area contributed by atoms with E-state index in [2.05, 4.69) is 13.0 Å². The Morgan fingerprint density at radius 2 is 1.85 bits per heavy atom. The molecule has 2 heterocycles. The summed E-state index contributed by atoms with van der Waals surface area (Å²) < 4.78 is 5.51. The van der Waals surface area contributed by atoms with Crippen molar-refractivity contribution in [3.8, 4) is 0 Å². The molecule has 0 spiro atoms. The number of carbonyl (C=O) groups is 2. The Bertz CT molecular complexity index is 734. The lowest BCUT2D eigenvalue weighted by Crippen LogP contribution is -3.13. The van der Waals surface area contributed by atoms with Gasteiger partial charge in [0, 0.05) is 12.3 Å². The summed E-state index contributed by atoms with van der Waals surface area (Å²) in [7, 11) is 0. The maximum absolute atomic E-state index is 13.2. The van der Waals surface area contributed by atoms with Gasteiger partial charge in [0.25, 0.3) is 0 Å². The van der Waals surface area contributed by atoms with Gasteiger partial charge in [-0.3, -0.25) is 14.5 Å². The maximum atomic E-state index is 13.2. The van der Waals surface area contributed by atoms with Crippen LogP contribution < -0.4 is 9.80 Å². The summed E-state index contributed by atoms with van der Waals surface area (Å²) >= 11 is 0. The normalized spacial score (nSPS) is 27.1. The number of rotatable bonds is 4. The van der Waals surface area contributed by atoms with Gasteiger partial charge in [-0.2, -0.15) is 0 Å². The summed E-state index contributed by atoms with van der Waals surface area (Å²) in [5.74, 6) is -0.112. The zero-order chi connectivity index (χ0) is 18.8. The molecule has 0 saturated carbocycles. The number of hydrogen-bond acceptors (Lipinski definition) is 3. The van der Waals surface area contributed by atoms with Gasteiger partial charge in [-0.15, -0.1) is 0 Å². The number of nitrogens with one attached hydrogen (secondary N) is 1. The van der Waals surface area contributed by atoms with E-state index in [0.29, 0.717) is 12.1 Å². The van der Waals surface area contributed by atoms with E-state index in [1.54, 1.807) is 0 Å². The van der Waals surface area contributed by atoms with E-state index >= 15 is 0 Å². The van der Waals surface area contributed by atoms with Gasteiger partial charge in [0.2, 0.25) is 11.8 Å². The molecule has 144 valence electrons. The molecular formula is C22H29N2O3+. The number of hydrogen-bond donors (Lipinski definition) is 1. The van der Waals surface area contributed by atoms with E-state index in [0.717, 1.165) is 52.0 Å². The van der Waals surface area contributed by atoms with Crippen LogP contribution in [0.5, 0.6) is 0 Å². The molecule has 2 saturated heterocycles. The van der Waals surface area contributed by atoms with Crippen molar-refractivity contribution >= 4 is 17.5 Å². The van der Waals surface area contributed by atoms with Crippen molar-refractivity contribution in [2.75, 3.05) is 31.2 Å². The molecule has 2 atom stereocenters. The topological polar surface area (TPSA) is 51.1 Å². The molecule has 3 aliphatic rings. The summed E-state index contributed by atoms with van der Waals surface area (Å²) in [4.78, 5) is 28.8. The van der Waals surface area contributed by atoms with Crippen molar-refractivity contribution in [3.05, 3.63) is 41.6 Å². The number of quaternary nitrogens is 1. The van der Waals surface area contributed by atoms with Gasteiger partial charge in [0.1, 0.15) is 18.8 Å². The first-order chi connectivity index (χ1) is 13.2. The van der Waals surface area contributed by atoms with Crippen LogP contribution in [0.1, 0.15) is 38.2 Å². The third kappa shape index (κ3) is 3.58. The highest BCUT2D eigenvalue weighted by atomic mass is 16.5. The number of allylic oxidation sites excluding steroid dienone is 2. The summed E-state index contributed by atoms with van der Waals surface area (Å²) in [6.45, 7) is 5.56. The van der Waals surface area contributed by atoms with Crippen LogP contribution in [0, 0.1) is 11.8 Å². The highest BCUT2D eigenvalue weighted by molar-refractivity contribution is 6.21. The minimum atomic E-state index is -0.217. The Morgan fingerprint density at radius 1 is 1.11 bits per heavy atom. The minimum absolute atomic E-state index is 0.0188. The molecule has 1 aromatic rings. The van der Waals surface area contributed by atoms with Crippen molar-refractivity contribution in [2.45, 2.75) is 39.0 Å². The number of carbonyl (C=O) groups excluding carboxylic acids is 2. The number of anilines is 1. The SMILES string of the molecule is CCc1ccc(N2C(=O)C[C@H]([C@@H]3CCCC=C3[NH+]3CCOCC3)C2=O)cc1. The average molecular weight is 369 g/mol. The lowest BCUT2D eigenvalue weighted by atomic mass is 9.80. The Balaban J connectivity index is 1.56. The van der Waals surface area contributed by atoms with Crippen LogP contribution in [0.4, 0.5) is 5.69 Å². The number of morpholine rings is 1. The Morgan fingerprint density at radius 3 is 2.56 bits per heavy atom. The third-order valence-corrected chi connectivity index (χ3v) is 6.26. The molecule has 5 nitrogen and oxygen atoms in total. The number of ether oxygens (including phenoxy) is 1. The van der Waals surface area contributed by atoms with Gasteiger partial charge in [-0.05, 0) is 49.5 Å². The van der Waals surface area contributed by atoms with Crippen LogP contribution in [0.15, 0.2) is 36.0 Å². The molecule has 0 bridgehead atoms. The van der Waals surface area contributed by atoms with Crippen LogP contribution in [-0.4, -0.2) is 38.1 Å². The first-order valence-corrected chi connectivity index (χ1v) is 10.3. The second kappa shape index (κ2) is 7.95.